The average molecular weight is 311 g/mol. The van der Waals surface area contributed by atoms with Crippen molar-refractivity contribution in [2.75, 3.05) is 22.8 Å². The number of carbonyl (C=O) groups is 1. The number of hydrogen-bond acceptors (Lipinski definition) is 4. The molecule has 0 bridgehead atoms. The van der Waals surface area contributed by atoms with Crippen molar-refractivity contribution < 1.29 is 13.2 Å². The van der Waals surface area contributed by atoms with Gasteiger partial charge in [0.05, 0.1) is 11.9 Å². The second-order valence-electron chi connectivity index (χ2n) is 4.80. The molecule has 3 N–H and O–H groups in total. The molecule has 0 fully saturated rings. The van der Waals surface area contributed by atoms with Gasteiger partial charge in [-0.05, 0) is 37.6 Å². The Morgan fingerprint density at radius 2 is 2.10 bits per heavy atom. The highest BCUT2D eigenvalue weighted by Gasteiger charge is 2.12. The van der Waals surface area contributed by atoms with Gasteiger partial charge in [0.25, 0.3) is 0 Å². The zero-order valence-electron chi connectivity index (χ0n) is 12.4. The summed E-state index contributed by atoms with van der Waals surface area (Å²) in [5, 5.41) is 5.76. The number of rotatable bonds is 7. The van der Waals surface area contributed by atoms with Gasteiger partial charge in [-0.1, -0.05) is 6.08 Å². The minimum absolute atomic E-state index is 0.133. The number of benzene rings is 1. The number of hydrogen-bond donors (Lipinski definition) is 3. The Bertz CT molecular complexity index is 626. The third kappa shape index (κ3) is 5.86. The lowest BCUT2D eigenvalue weighted by Crippen LogP contribution is -2.37. The lowest BCUT2D eigenvalue weighted by Gasteiger charge is -2.16. The zero-order valence-corrected chi connectivity index (χ0v) is 13.3. The van der Waals surface area contributed by atoms with Crippen molar-refractivity contribution in [2.24, 2.45) is 0 Å². The van der Waals surface area contributed by atoms with Crippen LogP contribution in [0.25, 0.3) is 0 Å². The molecule has 0 aliphatic rings. The summed E-state index contributed by atoms with van der Waals surface area (Å²) in [4.78, 5) is 11.7. The van der Waals surface area contributed by atoms with Crippen LogP contribution in [0.5, 0.6) is 0 Å². The Labute approximate surface area is 125 Å². The van der Waals surface area contributed by atoms with Crippen LogP contribution < -0.4 is 15.4 Å². The van der Waals surface area contributed by atoms with E-state index in [1.807, 2.05) is 0 Å². The van der Waals surface area contributed by atoms with Gasteiger partial charge in [-0.15, -0.1) is 6.58 Å². The van der Waals surface area contributed by atoms with Gasteiger partial charge in [0.1, 0.15) is 6.04 Å². The van der Waals surface area contributed by atoms with Gasteiger partial charge in [-0.25, -0.2) is 8.42 Å². The first-order valence-corrected chi connectivity index (χ1v) is 8.35. The van der Waals surface area contributed by atoms with E-state index in [9.17, 15) is 13.2 Å². The molecule has 1 aromatic rings. The highest BCUT2D eigenvalue weighted by molar-refractivity contribution is 7.92. The number of nitrogens with one attached hydrogen (secondary N) is 3. The van der Waals surface area contributed by atoms with Gasteiger partial charge in [0.15, 0.2) is 0 Å². The summed E-state index contributed by atoms with van der Waals surface area (Å²) >= 11 is 0. The summed E-state index contributed by atoms with van der Waals surface area (Å²) in [5.74, 6) is -0.133. The lowest BCUT2D eigenvalue weighted by molar-refractivity contribution is -0.121. The van der Waals surface area contributed by atoms with E-state index in [0.29, 0.717) is 12.2 Å². The van der Waals surface area contributed by atoms with Gasteiger partial charge >= 0.3 is 0 Å². The number of amides is 1. The minimum atomic E-state index is -3.30. The van der Waals surface area contributed by atoms with Crippen LogP contribution in [0.2, 0.25) is 0 Å². The van der Waals surface area contributed by atoms with Crippen molar-refractivity contribution >= 4 is 27.3 Å². The van der Waals surface area contributed by atoms with E-state index in [2.05, 4.69) is 21.9 Å². The van der Waals surface area contributed by atoms with Crippen LogP contribution >= 0.6 is 0 Å². The number of sulfonamides is 1. The molecule has 0 heterocycles. The minimum Gasteiger partial charge on any atom is -0.374 e. The number of anilines is 2. The molecule has 1 rings (SSSR count). The molecule has 0 aliphatic heterocycles. The first kappa shape index (κ1) is 17.0. The van der Waals surface area contributed by atoms with Crippen molar-refractivity contribution in [1.82, 2.24) is 5.32 Å². The van der Waals surface area contributed by atoms with Crippen LogP contribution in [0.4, 0.5) is 11.4 Å². The Balaban J connectivity index is 2.75. The monoisotopic (exact) mass is 311 g/mol. The van der Waals surface area contributed by atoms with Gasteiger partial charge in [0, 0.05) is 12.2 Å². The molecule has 21 heavy (non-hydrogen) atoms. The third-order valence-electron chi connectivity index (χ3n) is 2.72. The van der Waals surface area contributed by atoms with E-state index in [1.165, 1.54) is 0 Å². The van der Waals surface area contributed by atoms with Crippen LogP contribution in [0.1, 0.15) is 12.5 Å². The summed E-state index contributed by atoms with van der Waals surface area (Å²) in [6.07, 6.45) is 2.71. The Kier molecular flexibility index (Phi) is 5.78. The maximum atomic E-state index is 11.7. The molecule has 1 unspecified atom stereocenters. The van der Waals surface area contributed by atoms with Crippen molar-refractivity contribution in [3.8, 4) is 0 Å². The summed E-state index contributed by atoms with van der Waals surface area (Å²) in [7, 11) is -3.30. The van der Waals surface area contributed by atoms with E-state index >= 15 is 0 Å². The Morgan fingerprint density at radius 1 is 1.43 bits per heavy atom. The predicted octanol–water partition coefficient (Wildman–Crippen LogP) is 1.47. The van der Waals surface area contributed by atoms with Crippen molar-refractivity contribution in [3.63, 3.8) is 0 Å². The van der Waals surface area contributed by atoms with E-state index in [0.717, 1.165) is 17.5 Å². The van der Waals surface area contributed by atoms with Crippen LogP contribution in [-0.2, 0) is 14.8 Å². The largest absolute Gasteiger partial charge is 0.374 e. The molecule has 0 radical (unpaired) electrons. The topological polar surface area (TPSA) is 87.3 Å². The fraction of sp³-hybridized carbons (Fsp3) is 0.357. The van der Waals surface area contributed by atoms with Gasteiger partial charge < -0.3 is 10.6 Å². The quantitative estimate of drug-likeness (QED) is 0.665. The molecule has 1 aromatic carbocycles. The highest BCUT2D eigenvalue weighted by atomic mass is 32.2. The van der Waals surface area contributed by atoms with Crippen LogP contribution in [0.15, 0.2) is 30.9 Å². The van der Waals surface area contributed by atoms with Crippen LogP contribution in [0.3, 0.4) is 0 Å². The molecule has 0 aliphatic carbocycles. The molecule has 116 valence electrons. The van der Waals surface area contributed by atoms with E-state index in [1.54, 1.807) is 38.1 Å². The molecule has 0 spiro atoms. The Morgan fingerprint density at radius 3 is 2.62 bits per heavy atom. The molecule has 0 aromatic heterocycles. The molecule has 7 heteroatoms. The van der Waals surface area contributed by atoms with Crippen molar-refractivity contribution in [1.29, 1.82) is 0 Å². The van der Waals surface area contributed by atoms with Gasteiger partial charge in [-0.3, -0.25) is 9.52 Å². The number of carbonyl (C=O) groups excluding carboxylic acids is 1. The predicted molar refractivity (Wildman–Crippen MR) is 85.9 cm³/mol. The second kappa shape index (κ2) is 7.12. The van der Waals surface area contributed by atoms with E-state index < -0.39 is 16.1 Å². The van der Waals surface area contributed by atoms with Crippen molar-refractivity contribution in [3.05, 3.63) is 36.4 Å². The standard InChI is InChI=1S/C14H21N3O3S/c1-5-8-15-14(18)11(3)16-12-6-7-13(10(2)9-12)17-21(4,19)20/h5-7,9,11,16-17H,1,8H2,2-4H3,(H,15,18). The van der Waals surface area contributed by atoms with Gasteiger partial charge in [-0.2, -0.15) is 0 Å². The first-order valence-electron chi connectivity index (χ1n) is 6.46. The Hall–Kier alpha value is -2.02. The summed E-state index contributed by atoms with van der Waals surface area (Å²) in [6, 6.07) is 4.76. The lowest BCUT2D eigenvalue weighted by atomic mass is 10.1. The smallest absolute Gasteiger partial charge is 0.242 e. The highest BCUT2D eigenvalue weighted by Crippen LogP contribution is 2.21. The summed E-state index contributed by atoms with van der Waals surface area (Å²) in [5.41, 5.74) is 2.03. The van der Waals surface area contributed by atoms with E-state index in [-0.39, 0.29) is 5.91 Å². The molecule has 6 nitrogen and oxygen atoms in total. The maximum absolute atomic E-state index is 11.7. The summed E-state index contributed by atoms with van der Waals surface area (Å²) in [6.45, 7) is 7.49. The SMILES string of the molecule is C=CCNC(=O)C(C)Nc1ccc(NS(C)(=O)=O)c(C)c1. The molecular weight excluding hydrogens is 290 g/mol. The normalized spacial score (nSPS) is 12.3. The molecule has 0 saturated carbocycles. The molecule has 1 atom stereocenters. The van der Waals surface area contributed by atoms with Crippen LogP contribution in [-0.4, -0.2) is 33.2 Å². The number of aryl methyl sites for hydroxylation is 1. The molecule has 1 amide bonds. The van der Waals surface area contributed by atoms with Gasteiger partial charge in [0.2, 0.25) is 15.9 Å². The van der Waals surface area contributed by atoms with E-state index in [4.69, 9.17) is 0 Å². The fourth-order valence-corrected chi connectivity index (χ4v) is 2.34. The second-order valence-corrected chi connectivity index (χ2v) is 6.55. The van der Waals surface area contributed by atoms with Crippen molar-refractivity contribution in [2.45, 2.75) is 19.9 Å². The molecule has 0 saturated heterocycles. The first-order chi connectivity index (χ1) is 9.73. The zero-order chi connectivity index (χ0) is 16.0. The van der Waals surface area contributed by atoms with Crippen LogP contribution in [0, 0.1) is 6.92 Å². The fourth-order valence-electron chi connectivity index (χ4n) is 1.71. The average Bonchev–Trinajstić information content (AvgIpc) is 2.37. The summed E-state index contributed by atoms with van der Waals surface area (Å²) < 4.78 is 24.9. The maximum Gasteiger partial charge on any atom is 0.242 e. The third-order valence-corrected chi connectivity index (χ3v) is 3.31. The molecular formula is C14H21N3O3S.